The van der Waals surface area contributed by atoms with Crippen molar-refractivity contribution in [2.24, 2.45) is 5.73 Å². The summed E-state index contributed by atoms with van der Waals surface area (Å²) in [5.74, 6) is 0. The van der Waals surface area contributed by atoms with E-state index in [1.54, 1.807) is 0 Å². The van der Waals surface area contributed by atoms with E-state index >= 15 is 0 Å². The zero-order valence-corrected chi connectivity index (χ0v) is 12.6. The number of rotatable bonds is 3. The van der Waals surface area contributed by atoms with Crippen LogP contribution in [-0.4, -0.2) is 5.54 Å². The first-order valence-electron chi connectivity index (χ1n) is 7.39. The van der Waals surface area contributed by atoms with Crippen LogP contribution in [0.25, 0.3) is 21.9 Å². The molecule has 3 aromatic rings. The van der Waals surface area contributed by atoms with E-state index in [0.717, 1.165) is 6.42 Å². The molecular formula is C20H21N. The molecule has 1 nitrogen and oxygen atoms in total. The Morgan fingerprint density at radius 2 is 1.38 bits per heavy atom. The fourth-order valence-corrected chi connectivity index (χ4v) is 2.89. The van der Waals surface area contributed by atoms with Crippen molar-refractivity contribution in [1.82, 2.24) is 0 Å². The summed E-state index contributed by atoms with van der Waals surface area (Å²) in [7, 11) is 0. The van der Waals surface area contributed by atoms with E-state index < -0.39 is 0 Å². The van der Waals surface area contributed by atoms with Gasteiger partial charge in [0.2, 0.25) is 0 Å². The second-order valence-corrected chi connectivity index (χ2v) is 6.35. The van der Waals surface area contributed by atoms with E-state index in [0.29, 0.717) is 0 Å². The molecule has 1 heteroatoms. The monoisotopic (exact) mass is 275 g/mol. The van der Waals surface area contributed by atoms with Crippen molar-refractivity contribution in [2.75, 3.05) is 0 Å². The third-order valence-electron chi connectivity index (χ3n) is 3.74. The van der Waals surface area contributed by atoms with Gasteiger partial charge >= 0.3 is 0 Å². The van der Waals surface area contributed by atoms with Gasteiger partial charge < -0.3 is 5.73 Å². The maximum absolute atomic E-state index is 6.23. The molecule has 0 spiro atoms. The molecule has 0 fully saturated rings. The van der Waals surface area contributed by atoms with Crippen molar-refractivity contribution in [1.29, 1.82) is 0 Å². The fourth-order valence-electron chi connectivity index (χ4n) is 2.89. The van der Waals surface area contributed by atoms with E-state index in [9.17, 15) is 0 Å². The second kappa shape index (κ2) is 5.34. The third kappa shape index (κ3) is 2.98. The van der Waals surface area contributed by atoms with Gasteiger partial charge in [0.25, 0.3) is 0 Å². The molecule has 0 aliphatic rings. The van der Waals surface area contributed by atoms with Crippen LogP contribution in [0, 0.1) is 0 Å². The molecule has 0 atom stereocenters. The van der Waals surface area contributed by atoms with Gasteiger partial charge in [-0.3, -0.25) is 0 Å². The summed E-state index contributed by atoms with van der Waals surface area (Å²) in [4.78, 5) is 0. The maximum atomic E-state index is 6.23. The van der Waals surface area contributed by atoms with Crippen LogP contribution in [0.3, 0.4) is 0 Å². The maximum Gasteiger partial charge on any atom is 0.0138 e. The Balaban J connectivity index is 2.20. The van der Waals surface area contributed by atoms with Gasteiger partial charge in [-0.05, 0) is 47.7 Å². The molecule has 3 rings (SSSR count). The van der Waals surface area contributed by atoms with E-state index in [2.05, 4.69) is 80.6 Å². The zero-order valence-electron chi connectivity index (χ0n) is 12.6. The Morgan fingerprint density at radius 1 is 0.762 bits per heavy atom. The van der Waals surface area contributed by atoms with Gasteiger partial charge in [-0.15, -0.1) is 0 Å². The van der Waals surface area contributed by atoms with Crippen molar-refractivity contribution in [3.05, 3.63) is 72.3 Å². The first kappa shape index (κ1) is 13.8. The molecule has 0 saturated heterocycles. The molecule has 0 saturated carbocycles. The third-order valence-corrected chi connectivity index (χ3v) is 3.74. The van der Waals surface area contributed by atoms with Crippen LogP contribution in [0.1, 0.15) is 19.4 Å². The van der Waals surface area contributed by atoms with Gasteiger partial charge in [-0.1, -0.05) is 66.7 Å². The lowest BCUT2D eigenvalue weighted by Gasteiger charge is -2.21. The Morgan fingerprint density at radius 3 is 2.19 bits per heavy atom. The lowest BCUT2D eigenvalue weighted by Crippen LogP contribution is -2.34. The normalized spacial score (nSPS) is 11.8. The van der Waals surface area contributed by atoms with Crippen LogP contribution in [0.5, 0.6) is 0 Å². The number of hydrogen-bond donors (Lipinski definition) is 1. The number of benzene rings is 3. The van der Waals surface area contributed by atoms with Gasteiger partial charge in [-0.2, -0.15) is 0 Å². The molecule has 0 unspecified atom stereocenters. The van der Waals surface area contributed by atoms with Crippen LogP contribution < -0.4 is 5.73 Å². The first-order chi connectivity index (χ1) is 10.0. The van der Waals surface area contributed by atoms with Crippen LogP contribution in [0.4, 0.5) is 0 Å². The van der Waals surface area contributed by atoms with E-state index in [4.69, 9.17) is 5.73 Å². The standard InChI is InChI=1S/C20H21N/c1-20(2,21)14-16-9-4-6-12-18(16)19-13-7-10-15-8-3-5-11-17(15)19/h3-13H,14,21H2,1-2H3. The summed E-state index contributed by atoms with van der Waals surface area (Å²) < 4.78 is 0. The number of hydrogen-bond acceptors (Lipinski definition) is 1. The quantitative estimate of drug-likeness (QED) is 0.731. The minimum atomic E-state index is -0.208. The minimum absolute atomic E-state index is 0.208. The predicted octanol–water partition coefficient (Wildman–Crippen LogP) is 4.79. The highest BCUT2D eigenvalue weighted by Gasteiger charge is 2.15. The second-order valence-electron chi connectivity index (χ2n) is 6.35. The minimum Gasteiger partial charge on any atom is -0.325 e. The highest BCUT2D eigenvalue weighted by Crippen LogP contribution is 2.32. The van der Waals surface area contributed by atoms with Crippen LogP contribution in [0.15, 0.2) is 66.7 Å². The van der Waals surface area contributed by atoms with Gasteiger partial charge in [0.1, 0.15) is 0 Å². The van der Waals surface area contributed by atoms with Crippen molar-refractivity contribution >= 4 is 10.8 Å². The summed E-state index contributed by atoms with van der Waals surface area (Å²) in [6.45, 7) is 4.15. The zero-order chi connectivity index (χ0) is 14.9. The summed E-state index contributed by atoms with van der Waals surface area (Å²) in [5, 5.41) is 2.57. The van der Waals surface area contributed by atoms with Gasteiger partial charge in [0.15, 0.2) is 0 Å². The lowest BCUT2D eigenvalue weighted by molar-refractivity contribution is 0.517. The first-order valence-corrected chi connectivity index (χ1v) is 7.39. The smallest absolute Gasteiger partial charge is 0.0138 e. The number of nitrogens with two attached hydrogens (primary N) is 1. The van der Waals surface area contributed by atoms with Crippen LogP contribution in [0.2, 0.25) is 0 Å². The average molecular weight is 275 g/mol. The largest absolute Gasteiger partial charge is 0.325 e. The molecule has 2 N–H and O–H groups in total. The molecule has 0 aliphatic heterocycles. The fraction of sp³-hybridized carbons (Fsp3) is 0.200. The number of fused-ring (bicyclic) bond motifs is 1. The van der Waals surface area contributed by atoms with Crippen molar-refractivity contribution in [3.8, 4) is 11.1 Å². The highest BCUT2D eigenvalue weighted by molar-refractivity contribution is 5.97. The molecular weight excluding hydrogens is 254 g/mol. The van der Waals surface area contributed by atoms with Crippen LogP contribution in [-0.2, 0) is 6.42 Å². The lowest BCUT2D eigenvalue weighted by atomic mass is 9.88. The molecule has 3 aromatic carbocycles. The topological polar surface area (TPSA) is 26.0 Å². The molecule has 0 radical (unpaired) electrons. The molecule has 0 aliphatic carbocycles. The van der Waals surface area contributed by atoms with E-state index in [1.165, 1.54) is 27.5 Å². The molecule has 106 valence electrons. The molecule has 0 bridgehead atoms. The van der Waals surface area contributed by atoms with Crippen molar-refractivity contribution in [3.63, 3.8) is 0 Å². The Labute approximate surface area is 126 Å². The van der Waals surface area contributed by atoms with E-state index in [1.807, 2.05) is 0 Å². The summed E-state index contributed by atoms with van der Waals surface area (Å²) in [5.41, 5.74) is 9.90. The highest BCUT2D eigenvalue weighted by atomic mass is 14.7. The SMILES string of the molecule is CC(C)(N)Cc1ccccc1-c1cccc2ccccc12. The molecule has 0 amide bonds. The summed E-state index contributed by atoms with van der Waals surface area (Å²) in [6.07, 6.45) is 0.867. The predicted molar refractivity (Wildman–Crippen MR) is 91.4 cm³/mol. The Hall–Kier alpha value is -2.12. The van der Waals surface area contributed by atoms with Gasteiger partial charge in [0.05, 0.1) is 0 Å². The van der Waals surface area contributed by atoms with Crippen molar-refractivity contribution in [2.45, 2.75) is 25.8 Å². The van der Waals surface area contributed by atoms with Crippen molar-refractivity contribution < 1.29 is 0 Å². The van der Waals surface area contributed by atoms with Crippen LogP contribution >= 0.6 is 0 Å². The molecule has 21 heavy (non-hydrogen) atoms. The van der Waals surface area contributed by atoms with E-state index in [-0.39, 0.29) is 5.54 Å². The molecule has 0 heterocycles. The average Bonchev–Trinajstić information content (AvgIpc) is 2.46. The van der Waals surface area contributed by atoms with Gasteiger partial charge in [0, 0.05) is 5.54 Å². The Bertz CT molecular complexity index is 761. The molecule has 0 aromatic heterocycles. The van der Waals surface area contributed by atoms with Gasteiger partial charge in [-0.25, -0.2) is 0 Å². The summed E-state index contributed by atoms with van der Waals surface area (Å²) in [6, 6.07) is 23.6. The Kier molecular flexibility index (Phi) is 3.52. The summed E-state index contributed by atoms with van der Waals surface area (Å²) >= 11 is 0.